The lowest BCUT2D eigenvalue weighted by atomic mass is 10.2. The minimum absolute atomic E-state index is 0.0324. The molecule has 2 rings (SSSR count). The highest BCUT2D eigenvalue weighted by atomic mass is 79.9. The topological polar surface area (TPSA) is 102 Å². The molecular weight excluding hydrogens is 378 g/mol. The Morgan fingerprint density at radius 2 is 2.32 bits per heavy atom. The van der Waals surface area contributed by atoms with Crippen molar-refractivity contribution < 1.29 is 9.72 Å². The van der Waals surface area contributed by atoms with Crippen LogP contribution >= 0.6 is 27.5 Å². The standard InChI is InChI=1S/C12H9BrClN5O3/c1-18-11(8(13)6-16-18)12(20)17-15-5-7-2-3-9(14)10(4-7)19(21)22/h2-6H,1H3,(H,17,20). The fourth-order valence-corrected chi connectivity index (χ4v) is 2.35. The van der Waals surface area contributed by atoms with Gasteiger partial charge in [-0.25, -0.2) is 5.43 Å². The minimum Gasteiger partial charge on any atom is -0.266 e. The zero-order valence-electron chi connectivity index (χ0n) is 11.2. The van der Waals surface area contributed by atoms with E-state index < -0.39 is 10.8 Å². The van der Waals surface area contributed by atoms with E-state index in [1.807, 2.05) is 0 Å². The lowest BCUT2D eigenvalue weighted by molar-refractivity contribution is -0.384. The van der Waals surface area contributed by atoms with E-state index in [2.05, 4.69) is 31.6 Å². The molecule has 0 fully saturated rings. The van der Waals surface area contributed by atoms with E-state index >= 15 is 0 Å². The quantitative estimate of drug-likeness (QED) is 0.495. The molecule has 22 heavy (non-hydrogen) atoms. The third kappa shape index (κ3) is 3.49. The summed E-state index contributed by atoms with van der Waals surface area (Å²) in [6.07, 6.45) is 2.77. The molecule has 2 aromatic rings. The van der Waals surface area contributed by atoms with Crippen molar-refractivity contribution in [1.29, 1.82) is 0 Å². The Morgan fingerprint density at radius 3 is 2.91 bits per heavy atom. The molecule has 0 saturated carbocycles. The van der Waals surface area contributed by atoms with Crippen molar-refractivity contribution in [1.82, 2.24) is 15.2 Å². The van der Waals surface area contributed by atoms with Crippen molar-refractivity contribution in [2.45, 2.75) is 0 Å². The van der Waals surface area contributed by atoms with Crippen LogP contribution in [-0.4, -0.2) is 26.8 Å². The van der Waals surface area contributed by atoms with Gasteiger partial charge in [-0.15, -0.1) is 0 Å². The molecule has 0 aliphatic heterocycles. The number of hydrogen-bond donors (Lipinski definition) is 1. The molecule has 0 bridgehead atoms. The smallest absolute Gasteiger partial charge is 0.266 e. The molecule has 1 heterocycles. The van der Waals surface area contributed by atoms with Gasteiger partial charge in [0.15, 0.2) is 0 Å². The van der Waals surface area contributed by atoms with Crippen LogP contribution < -0.4 is 5.43 Å². The Kier molecular flexibility index (Phi) is 4.88. The molecule has 1 amide bonds. The van der Waals surface area contributed by atoms with Gasteiger partial charge in [0.1, 0.15) is 10.7 Å². The molecule has 1 aromatic heterocycles. The fourth-order valence-electron chi connectivity index (χ4n) is 1.63. The van der Waals surface area contributed by atoms with E-state index in [-0.39, 0.29) is 10.7 Å². The summed E-state index contributed by atoms with van der Waals surface area (Å²) in [5, 5.41) is 18.5. The number of nitrogens with zero attached hydrogens (tertiary/aromatic N) is 4. The van der Waals surface area contributed by atoms with Gasteiger partial charge in [0.2, 0.25) is 0 Å². The van der Waals surface area contributed by atoms with Gasteiger partial charge in [-0.1, -0.05) is 17.7 Å². The van der Waals surface area contributed by atoms with Gasteiger partial charge in [-0.3, -0.25) is 19.6 Å². The van der Waals surface area contributed by atoms with E-state index in [0.717, 1.165) is 0 Å². The lowest BCUT2D eigenvalue weighted by Gasteiger charge is -2.01. The summed E-state index contributed by atoms with van der Waals surface area (Å²) >= 11 is 8.91. The molecule has 8 nitrogen and oxygen atoms in total. The second kappa shape index (κ2) is 6.67. The highest BCUT2D eigenvalue weighted by Crippen LogP contribution is 2.24. The Hall–Kier alpha value is -2.26. The largest absolute Gasteiger partial charge is 0.290 e. The van der Waals surface area contributed by atoms with Gasteiger partial charge in [0.05, 0.1) is 21.8 Å². The van der Waals surface area contributed by atoms with E-state index in [9.17, 15) is 14.9 Å². The minimum atomic E-state index is -0.592. The molecule has 0 radical (unpaired) electrons. The summed E-state index contributed by atoms with van der Waals surface area (Å²) in [5.41, 5.74) is 2.82. The molecule has 0 atom stereocenters. The summed E-state index contributed by atoms with van der Waals surface area (Å²) in [4.78, 5) is 22.1. The van der Waals surface area contributed by atoms with Gasteiger partial charge in [0.25, 0.3) is 11.6 Å². The number of hydrogen-bond acceptors (Lipinski definition) is 5. The van der Waals surface area contributed by atoms with E-state index in [1.165, 1.54) is 29.2 Å². The van der Waals surface area contributed by atoms with Crippen molar-refractivity contribution in [2.24, 2.45) is 12.1 Å². The number of halogens is 2. The molecule has 0 aliphatic carbocycles. The first-order valence-electron chi connectivity index (χ1n) is 5.85. The maximum absolute atomic E-state index is 11.9. The predicted octanol–water partition coefficient (Wildman–Crippen LogP) is 2.51. The zero-order chi connectivity index (χ0) is 16.3. The highest BCUT2D eigenvalue weighted by Gasteiger charge is 2.15. The van der Waals surface area contributed by atoms with Crippen LogP contribution in [0.1, 0.15) is 16.1 Å². The number of nitro groups is 1. The number of aryl methyl sites for hydroxylation is 1. The van der Waals surface area contributed by atoms with Gasteiger partial charge in [-0.05, 0) is 22.0 Å². The summed E-state index contributed by atoms with van der Waals surface area (Å²) in [6.45, 7) is 0. The number of nitrogens with one attached hydrogen (secondary N) is 1. The molecule has 1 N–H and O–H groups in total. The van der Waals surface area contributed by atoms with Crippen molar-refractivity contribution in [2.75, 3.05) is 0 Å². The highest BCUT2D eigenvalue weighted by molar-refractivity contribution is 9.10. The number of hydrazone groups is 1. The van der Waals surface area contributed by atoms with Gasteiger partial charge >= 0.3 is 0 Å². The number of rotatable bonds is 4. The van der Waals surface area contributed by atoms with Gasteiger partial charge in [-0.2, -0.15) is 10.2 Å². The van der Waals surface area contributed by atoms with Crippen LogP contribution in [0.25, 0.3) is 0 Å². The average Bonchev–Trinajstić information content (AvgIpc) is 2.79. The molecule has 0 spiro atoms. The number of carbonyl (C=O) groups is 1. The molecule has 0 unspecified atom stereocenters. The van der Waals surface area contributed by atoms with Crippen LogP contribution in [0.5, 0.6) is 0 Å². The lowest BCUT2D eigenvalue weighted by Crippen LogP contribution is -2.21. The summed E-state index contributed by atoms with van der Waals surface area (Å²) in [7, 11) is 1.62. The maximum Gasteiger partial charge on any atom is 0.290 e. The molecule has 0 saturated heterocycles. The molecule has 114 valence electrons. The average molecular weight is 387 g/mol. The van der Waals surface area contributed by atoms with Crippen molar-refractivity contribution >= 4 is 45.3 Å². The van der Waals surface area contributed by atoms with E-state index in [1.54, 1.807) is 13.1 Å². The Labute approximate surface area is 138 Å². The van der Waals surface area contributed by atoms with Crippen LogP contribution in [0.4, 0.5) is 5.69 Å². The number of aromatic nitrogens is 2. The van der Waals surface area contributed by atoms with Crippen LogP contribution in [0.2, 0.25) is 5.02 Å². The first kappa shape index (κ1) is 16.1. The maximum atomic E-state index is 11.9. The normalized spacial score (nSPS) is 10.9. The third-order valence-electron chi connectivity index (χ3n) is 2.66. The predicted molar refractivity (Wildman–Crippen MR) is 84.1 cm³/mol. The zero-order valence-corrected chi connectivity index (χ0v) is 13.5. The summed E-state index contributed by atoms with van der Waals surface area (Å²) in [5.74, 6) is -0.466. The van der Waals surface area contributed by atoms with Crippen LogP contribution in [0.15, 0.2) is 34.0 Å². The van der Waals surface area contributed by atoms with Crippen LogP contribution in [-0.2, 0) is 7.05 Å². The number of carbonyl (C=O) groups excluding carboxylic acids is 1. The van der Waals surface area contributed by atoms with E-state index in [0.29, 0.717) is 15.7 Å². The second-order valence-electron chi connectivity index (χ2n) is 4.13. The van der Waals surface area contributed by atoms with Gasteiger partial charge in [0, 0.05) is 18.7 Å². The first-order valence-corrected chi connectivity index (χ1v) is 7.02. The molecule has 0 aliphatic rings. The Bertz CT molecular complexity index is 755. The SMILES string of the molecule is Cn1ncc(Br)c1C(=O)NN=Cc1ccc(Cl)c([N+](=O)[O-])c1. The number of nitro benzene ring substituents is 1. The van der Waals surface area contributed by atoms with E-state index in [4.69, 9.17) is 11.6 Å². The van der Waals surface area contributed by atoms with Crippen LogP contribution in [0, 0.1) is 10.1 Å². The first-order chi connectivity index (χ1) is 10.4. The fraction of sp³-hybridized carbons (Fsp3) is 0.0833. The van der Waals surface area contributed by atoms with Crippen molar-refractivity contribution in [3.63, 3.8) is 0 Å². The Morgan fingerprint density at radius 1 is 1.59 bits per heavy atom. The Balaban J connectivity index is 2.12. The van der Waals surface area contributed by atoms with Gasteiger partial charge < -0.3 is 0 Å². The van der Waals surface area contributed by atoms with Crippen LogP contribution in [0.3, 0.4) is 0 Å². The number of benzene rings is 1. The van der Waals surface area contributed by atoms with Crippen molar-refractivity contribution in [3.8, 4) is 0 Å². The third-order valence-corrected chi connectivity index (χ3v) is 3.56. The summed E-state index contributed by atoms with van der Waals surface area (Å²) < 4.78 is 1.92. The molecular formula is C12H9BrClN5O3. The molecule has 10 heteroatoms. The van der Waals surface area contributed by atoms with Crippen molar-refractivity contribution in [3.05, 3.63) is 55.3 Å². The summed E-state index contributed by atoms with van der Waals surface area (Å²) in [6, 6.07) is 4.20. The monoisotopic (exact) mass is 385 g/mol. The molecule has 1 aromatic carbocycles. The number of amides is 1. The second-order valence-corrected chi connectivity index (χ2v) is 5.39.